The molecule has 3 heterocycles. The van der Waals surface area contributed by atoms with Gasteiger partial charge in [0, 0.05) is 25.4 Å². The van der Waals surface area contributed by atoms with Crippen molar-refractivity contribution in [1.82, 2.24) is 20.2 Å². The van der Waals surface area contributed by atoms with Gasteiger partial charge in [-0.3, -0.25) is 14.6 Å². The van der Waals surface area contributed by atoms with E-state index in [-0.39, 0.29) is 23.4 Å². The Hall–Kier alpha value is -1.98. The number of nitrogens with zero attached hydrogens (tertiary/aromatic N) is 3. The summed E-state index contributed by atoms with van der Waals surface area (Å²) in [5, 5.41) is 3.14. The van der Waals surface area contributed by atoms with Crippen molar-refractivity contribution in [3.05, 3.63) is 24.3 Å². The van der Waals surface area contributed by atoms with Gasteiger partial charge in [-0.15, -0.1) is 0 Å². The fourth-order valence-electron chi connectivity index (χ4n) is 3.77. The Morgan fingerprint density at radius 1 is 1.48 bits per heavy atom. The van der Waals surface area contributed by atoms with E-state index in [1.165, 1.54) is 12.4 Å². The lowest BCUT2D eigenvalue weighted by Gasteiger charge is -2.47. The van der Waals surface area contributed by atoms with Crippen LogP contribution in [0.5, 0.6) is 0 Å². The third kappa shape index (κ3) is 2.39. The first kappa shape index (κ1) is 14.0. The zero-order valence-electron chi connectivity index (χ0n) is 12.2. The molecule has 2 atom stereocenters. The number of amides is 2. The number of hydrogen-bond donors (Lipinski definition) is 1. The average Bonchev–Trinajstić information content (AvgIpc) is 2.88. The van der Waals surface area contributed by atoms with Crippen molar-refractivity contribution in [2.75, 3.05) is 6.54 Å². The molecule has 0 saturated carbocycles. The van der Waals surface area contributed by atoms with Gasteiger partial charge < -0.3 is 10.2 Å². The van der Waals surface area contributed by atoms with Crippen LogP contribution in [0.25, 0.3) is 0 Å². The lowest BCUT2D eigenvalue weighted by Crippen LogP contribution is -2.63. The number of rotatable bonds is 2. The van der Waals surface area contributed by atoms with Crippen molar-refractivity contribution in [1.29, 1.82) is 0 Å². The third-order valence-electron chi connectivity index (χ3n) is 4.65. The molecule has 1 spiro atoms. The van der Waals surface area contributed by atoms with Crippen LogP contribution in [0.2, 0.25) is 0 Å². The fraction of sp³-hybridized carbons (Fsp3) is 0.600. The van der Waals surface area contributed by atoms with Gasteiger partial charge in [0.05, 0.1) is 17.8 Å². The minimum atomic E-state index is -0.248. The summed E-state index contributed by atoms with van der Waals surface area (Å²) in [6, 6.07) is 0.0345. The third-order valence-corrected chi connectivity index (χ3v) is 4.65. The van der Waals surface area contributed by atoms with E-state index in [0.717, 1.165) is 25.7 Å². The summed E-state index contributed by atoms with van der Waals surface area (Å²) in [7, 11) is 0. The molecule has 0 radical (unpaired) electrons. The zero-order valence-corrected chi connectivity index (χ0v) is 12.2. The Bertz CT molecular complexity index is 548. The molecule has 2 fully saturated rings. The summed E-state index contributed by atoms with van der Waals surface area (Å²) in [6.07, 6.45) is 8.65. The van der Waals surface area contributed by atoms with Crippen molar-refractivity contribution >= 4 is 11.8 Å². The van der Waals surface area contributed by atoms with Gasteiger partial charge in [0.2, 0.25) is 5.91 Å². The second-order valence-electron chi connectivity index (χ2n) is 5.82. The molecule has 0 aromatic carbocycles. The second-order valence-corrected chi connectivity index (χ2v) is 5.82. The maximum absolute atomic E-state index is 12.7. The van der Waals surface area contributed by atoms with Crippen LogP contribution >= 0.6 is 0 Å². The van der Waals surface area contributed by atoms with E-state index in [1.54, 1.807) is 6.20 Å². The Kier molecular flexibility index (Phi) is 3.61. The molecule has 6 nitrogen and oxygen atoms in total. The molecule has 2 aliphatic heterocycles. The van der Waals surface area contributed by atoms with E-state index in [9.17, 15) is 9.59 Å². The van der Waals surface area contributed by atoms with Crippen LogP contribution in [0, 0.1) is 0 Å². The molecule has 21 heavy (non-hydrogen) atoms. The van der Waals surface area contributed by atoms with Gasteiger partial charge in [-0.05, 0) is 25.7 Å². The zero-order chi connectivity index (χ0) is 14.9. The molecule has 1 aromatic rings. The van der Waals surface area contributed by atoms with Crippen molar-refractivity contribution in [3.63, 3.8) is 0 Å². The highest BCUT2D eigenvalue weighted by atomic mass is 16.2. The van der Waals surface area contributed by atoms with E-state index in [2.05, 4.69) is 22.2 Å². The fourth-order valence-corrected chi connectivity index (χ4v) is 3.77. The van der Waals surface area contributed by atoms with Crippen molar-refractivity contribution < 1.29 is 9.59 Å². The first-order valence-corrected chi connectivity index (χ1v) is 7.54. The maximum Gasteiger partial charge on any atom is 0.274 e. The Morgan fingerprint density at radius 3 is 2.95 bits per heavy atom. The summed E-state index contributed by atoms with van der Waals surface area (Å²) in [4.78, 5) is 34.3. The summed E-state index contributed by atoms with van der Waals surface area (Å²) in [5.41, 5.74) is 0.124. The monoisotopic (exact) mass is 288 g/mol. The Labute approximate surface area is 124 Å². The van der Waals surface area contributed by atoms with E-state index in [1.807, 2.05) is 4.90 Å². The molecule has 112 valence electrons. The number of carbonyl (C=O) groups is 2. The topological polar surface area (TPSA) is 75.2 Å². The highest BCUT2D eigenvalue weighted by molar-refractivity contribution is 5.92. The molecule has 1 N–H and O–H groups in total. The van der Waals surface area contributed by atoms with Crippen LogP contribution < -0.4 is 5.32 Å². The molecule has 2 aliphatic rings. The molecular formula is C15H20N4O2. The molecule has 2 saturated heterocycles. The molecule has 0 aliphatic carbocycles. The second kappa shape index (κ2) is 5.42. The molecule has 1 aromatic heterocycles. The van der Waals surface area contributed by atoms with Crippen molar-refractivity contribution in [3.8, 4) is 0 Å². The summed E-state index contributed by atoms with van der Waals surface area (Å²) >= 11 is 0. The van der Waals surface area contributed by atoms with Crippen LogP contribution in [0.3, 0.4) is 0 Å². The maximum atomic E-state index is 12.7. The van der Waals surface area contributed by atoms with E-state index < -0.39 is 0 Å². The van der Waals surface area contributed by atoms with Crippen molar-refractivity contribution in [2.24, 2.45) is 0 Å². The van der Waals surface area contributed by atoms with Crippen LogP contribution in [0.15, 0.2) is 18.6 Å². The Balaban J connectivity index is 1.88. The van der Waals surface area contributed by atoms with Crippen LogP contribution in [-0.2, 0) is 4.79 Å². The van der Waals surface area contributed by atoms with Gasteiger partial charge in [-0.25, -0.2) is 4.98 Å². The van der Waals surface area contributed by atoms with Gasteiger partial charge in [0.15, 0.2) is 0 Å². The number of carbonyl (C=O) groups excluding carboxylic acids is 2. The smallest absolute Gasteiger partial charge is 0.274 e. The molecule has 2 amide bonds. The summed E-state index contributed by atoms with van der Waals surface area (Å²) in [6.45, 7) is 2.78. The minimum Gasteiger partial charge on any atom is -0.349 e. The van der Waals surface area contributed by atoms with Gasteiger partial charge in [0.25, 0.3) is 5.91 Å². The van der Waals surface area contributed by atoms with Crippen LogP contribution in [0.4, 0.5) is 0 Å². The first-order valence-electron chi connectivity index (χ1n) is 7.54. The quantitative estimate of drug-likeness (QED) is 0.885. The number of likely N-dealkylation sites (tertiary alicyclic amines) is 1. The highest BCUT2D eigenvalue weighted by Gasteiger charge is 2.49. The first-order chi connectivity index (χ1) is 10.2. The van der Waals surface area contributed by atoms with Crippen LogP contribution in [-0.4, -0.2) is 44.8 Å². The number of aromatic nitrogens is 2. The lowest BCUT2D eigenvalue weighted by atomic mass is 9.78. The molecule has 0 unspecified atom stereocenters. The molecular weight excluding hydrogens is 268 g/mol. The predicted octanol–water partition coefficient (Wildman–Crippen LogP) is 1.14. The summed E-state index contributed by atoms with van der Waals surface area (Å²) in [5.74, 6) is 0.0115. The standard InChI is InChI=1S/C15H20N4O2/c1-2-12-15(6-4-13(20)18-15)5-3-9-19(12)14(21)11-10-16-7-8-17-11/h7-8,10,12H,2-6,9H2,1H3,(H,18,20)/t12-,15-/m0/s1. The molecule has 3 rings (SSSR count). The van der Waals surface area contributed by atoms with E-state index in [0.29, 0.717) is 18.7 Å². The van der Waals surface area contributed by atoms with E-state index >= 15 is 0 Å². The Morgan fingerprint density at radius 2 is 2.33 bits per heavy atom. The number of hydrogen-bond acceptors (Lipinski definition) is 4. The normalized spacial score (nSPS) is 28.7. The SMILES string of the molecule is CC[C@@H]1N(C(=O)c2cnccn2)CCC[C@]12CCC(=O)N2. The van der Waals surface area contributed by atoms with E-state index in [4.69, 9.17) is 0 Å². The predicted molar refractivity (Wildman–Crippen MR) is 76.5 cm³/mol. The van der Waals surface area contributed by atoms with Crippen LogP contribution in [0.1, 0.15) is 49.5 Å². The van der Waals surface area contributed by atoms with Gasteiger partial charge in [-0.1, -0.05) is 6.92 Å². The average molecular weight is 288 g/mol. The van der Waals surface area contributed by atoms with Gasteiger partial charge in [0.1, 0.15) is 5.69 Å². The van der Waals surface area contributed by atoms with Gasteiger partial charge >= 0.3 is 0 Å². The number of piperidine rings is 1. The van der Waals surface area contributed by atoms with Gasteiger partial charge in [-0.2, -0.15) is 0 Å². The molecule has 6 heteroatoms. The lowest BCUT2D eigenvalue weighted by molar-refractivity contribution is -0.120. The highest BCUT2D eigenvalue weighted by Crippen LogP contribution is 2.37. The largest absolute Gasteiger partial charge is 0.349 e. The minimum absolute atomic E-state index is 0.0345. The summed E-state index contributed by atoms with van der Waals surface area (Å²) < 4.78 is 0. The molecule has 0 bridgehead atoms. The number of nitrogens with one attached hydrogen (secondary N) is 1. The van der Waals surface area contributed by atoms with Crippen molar-refractivity contribution in [2.45, 2.75) is 50.6 Å².